The van der Waals surface area contributed by atoms with Crippen LogP contribution in [0.25, 0.3) is 0 Å². The third-order valence-electron chi connectivity index (χ3n) is 3.79. The van der Waals surface area contributed by atoms with Gasteiger partial charge in [0.25, 0.3) is 0 Å². The number of aryl methyl sites for hydroxylation is 1. The second kappa shape index (κ2) is 5.78. The SMILES string of the molecule is Cc1ncsc1CN[C@@H](C)C1CCCCC1. The molecule has 2 rings (SSSR count). The maximum absolute atomic E-state index is 4.29. The van der Waals surface area contributed by atoms with E-state index in [0.717, 1.165) is 12.5 Å². The smallest absolute Gasteiger partial charge is 0.0798 e. The highest BCUT2D eigenvalue weighted by molar-refractivity contribution is 7.09. The van der Waals surface area contributed by atoms with E-state index in [1.165, 1.54) is 42.7 Å². The average molecular weight is 238 g/mol. The summed E-state index contributed by atoms with van der Waals surface area (Å²) in [6.07, 6.45) is 7.12. The predicted molar refractivity (Wildman–Crippen MR) is 69.7 cm³/mol. The molecule has 1 aliphatic rings. The van der Waals surface area contributed by atoms with Crippen LogP contribution in [0.15, 0.2) is 5.51 Å². The van der Waals surface area contributed by atoms with Gasteiger partial charge in [-0.2, -0.15) is 0 Å². The molecular weight excluding hydrogens is 216 g/mol. The molecule has 90 valence electrons. The highest BCUT2D eigenvalue weighted by Crippen LogP contribution is 2.26. The van der Waals surface area contributed by atoms with Gasteiger partial charge >= 0.3 is 0 Å². The molecule has 0 radical (unpaired) electrons. The average Bonchev–Trinajstić information content (AvgIpc) is 2.73. The van der Waals surface area contributed by atoms with Gasteiger partial charge in [-0.05, 0) is 32.6 Å². The Morgan fingerprint density at radius 2 is 2.19 bits per heavy atom. The van der Waals surface area contributed by atoms with E-state index >= 15 is 0 Å². The van der Waals surface area contributed by atoms with E-state index < -0.39 is 0 Å². The normalized spacial score (nSPS) is 19.9. The van der Waals surface area contributed by atoms with Gasteiger partial charge in [-0.3, -0.25) is 0 Å². The van der Waals surface area contributed by atoms with Gasteiger partial charge in [0, 0.05) is 17.5 Å². The molecule has 0 bridgehead atoms. The van der Waals surface area contributed by atoms with E-state index in [2.05, 4.69) is 24.1 Å². The van der Waals surface area contributed by atoms with Crippen LogP contribution in [-0.4, -0.2) is 11.0 Å². The lowest BCUT2D eigenvalue weighted by Crippen LogP contribution is -2.34. The molecule has 0 saturated heterocycles. The first-order chi connectivity index (χ1) is 7.77. The maximum atomic E-state index is 4.29. The van der Waals surface area contributed by atoms with Crippen molar-refractivity contribution in [3.8, 4) is 0 Å². The van der Waals surface area contributed by atoms with Gasteiger partial charge in [0.15, 0.2) is 0 Å². The van der Waals surface area contributed by atoms with Gasteiger partial charge in [-0.25, -0.2) is 4.98 Å². The Morgan fingerprint density at radius 3 is 2.81 bits per heavy atom. The molecule has 1 atom stereocenters. The van der Waals surface area contributed by atoms with Crippen LogP contribution >= 0.6 is 11.3 Å². The topological polar surface area (TPSA) is 24.9 Å². The summed E-state index contributed by atoms with van der Waals surface area (Å²) in [5.74, 6) is 0.891. The second-order valence-electron chi connectivity index (χ2n) is 4.93. The molecule has 1 aromatic heterocycles. The first-order valence-corrected chi connectivity index (χ1v) is 7.27. The van der Waals surface area contributed by atoms with E-state index in [4.69, 9.17) is 0 Å². The largest absolute Gasteiger partial charge is 0.309 e. The number of aromatic nitrogens is 1. The monoisotopic (exact) mass is 238 g/mol. The molecule has 0 spiro atoms. The highest BCUT2D eigenvalue weighted by Gasteiger charge is 2.19. The van der Waals surface area contributed by atoms with Crippen molar-refractivity contribution in [2.45, 2.75) is 58.5 Å². The van der Waals surface area contributed by atoms with Crippen molar-refractivity contribution in [2.24, 2.45) is 5.92 Å². The molecule has 1 aromatic rings. The van der Waals surface area contributed by atoms with Crippen LogP contribution in [0.3, 0.4) is 0 Å². The van der Waals surface area contributed by atoms with E-state index in [0.29, 0.717) is 6.04 Å². The third-order valence-corrected chi connectivity index (χ3v) is 4.72. The number of nitrogens with zero attached hydrogens (tertiary/aromatic N) is 1. The molecule has 1 aliphatic carbocycles. The lowest BCUT2D eigenvalue weighted by Gasteiger charge is -2.28. The van der Waals surface area contributed by atoms with E-state index in [-0.39, 0.29) is 0 Å². The van der Waals surface area contributed by atoms with Gasteiger partial charge in [0.05, 0.1) is 11.2 Å². The summed E-state index contributed by atoms with van der Waals surface area (Å²) in [6, 6.07) is 0.654. The van der Waals surface area contributed by atoms with Gasteiger partial charge < -0.3 is 5.32 Å². The Morgan fingerprint density at radius 1 is 1.44 bits per heavy atom. The Bertz CT molecular complexity index is 315. The molecule has 1 N–H and O–H groups in total. The zero-order chi connectivity index (χ0) is 11.4. The molecule has 0 aliphatic heterocycles. The Balaban J connectivity index is 1.78. The Hall–Kier alpha value is -0.410. The van der Waals surface area contributed by atoms with Crippen LogP contribution in [0.5, 0.6) is 0 Å². The quantitative estimate of drug-likeness (QED) is 0.868. The van der Waals surface area contributed by atoms with Crippen molar-refractivity contribution in [1.29, 1.82) is 0 Å². The van der Waals surface area contributed by atoms with Crippen LogP contribution in [0.1, 0.15) is 49.6 Å². The first kappa shape index (κ1) is 12.1. The van der Waals surface area contributed by atoms with Crippen LogP contribution in [-0.2, 0) is 6.54 Å². The molecule has 3 heteroatoms. The summed E-state index contributed by atoms with van der Waals surface area (Å²) in [5.41, 5.74) is 3.13. The lowest BCUT2D eigenvalue weighted by molar-refractivity contribution is 0.281. The van der Waals surface area contributed by atoms with Crippen LogP contribution in [0.2, 0.25) is 0 Å². The Kier molecular flexibility index (Phi) is 4.36. The fourth-order valence-corrected chi connectivity index (χ4v) is 3.28. The molecule has 2 nitrogen and oxygen atoms in total. The Labute approximate surface area is 102 Å². The summed E-state index contributed by atoms with van der Waals surface area (Å²) < 4.78 is 0. The van der Waals surface area contributed by atoms with E-state index in [1.807, 2.05) is 5.51 Å². The minimum atomic E-state index is 0.654. The number of thiazole rings is 1. The van der Waals surface area contributed by atoms with Crippen molar-refractivity contribution >= 4 is 11.3 Å². The number of nitrogens with one attached hydrogen (secondary N) is 1. The third kappa shape index (κ3) is 3.05. The van der Waals surface area contributed by atoms with Gasteiger partial charge in [0.1, 0.15) is 0 Å². The number of hydrogen-bond acceptors (Lipinski definition) is 3. The standard InChI is InChI=1S/C13H22N2S/c1-10(12-6-4-3-5-7-12)14-8-13-11(2)15-9-16-13/h9-10,12,14H,3-8H2,1-2H3/t10-/m0/s1. The van der Waals surface area contributed by atoms with Crippen LogP contribution in [0, 0.1) is 12.8 Å². The van der Waals surface area contributed by atoms with Crippen LogP contribution < -0.4 is 5.32 Å². The van der Waals surface area contributed by atoms with E-state index in [9.17, 15) is 0 Å². The van der Waals surface area contributed by atoms with Gasteiger partial charge in [-0.15, -0.1) is 11.3 Å². The fourth-order valence-electron chi connectivity index (χ4n) is 2.55. The number of hydrogen-bond donors (Lipinski definition) is 1. The summed E-state index contributed by atoms with van der Waals surface area (Å²) in [7, 11) is 0. The molecule has 0 aromatic carbocycles. The fraction of sp³-hybridized carbons (Fsp3) is 0.769. The van der Waals surface area contributed by atoms with Crippen molar-refractivity contribution in [2.75, 3.05) is 0 Å². The van der Waals surface area contributed by atoms with Crippen molar-refractivity contribution in [1.82, 2.24) is 10.3 Å². The second-order valence-corrected chi connectivity index (χ2v) is 5.87. The zero-order valence-corrected chi connectivity index (χ0v) is 11.1. The molecule has 1 fully saturated rings. The van der Waals surface area contributed by atoms with Crippen molar-refractivity contribution in [3.05, 3.63) is 16.1 Å². The maximum Gasteiger partial charge on any atom is 0.0798 e. The van der Waals surface area contributed by atoms with Crippen molar-refractivity contribution in [3.63, 3.8) is 0 Å². The molecule has 1 saturated carbocycles. The summed E-state index contributed by atoms with van der Waals surface area (Å²) in [4.78, 5) is 5.68. The van der Waals surface area contributed by atoms with Crippen LogP contribution in [0.4, 0.5) is 0 Å². The van der Waals surface area contributed by atoms with Gasteiger partial charge in [0.2, 0.25) is 0 Å². The summed E-state index contributed by atoms with van der Waals surface area (Å²) in [5, 5.41) is 3.67. The molecule has 1 heterocycles. The van der Waals surface area contributed by atoms with E-state index in [1.54, 1.807) is 11.3 Å². The molecule has 16 heavy (non-hydrogen) atoms. The lowest BCUT2D eigenvalue weighted by atomic mass is 9.84. The molecule has 0 amide bonds. The highest BCUT2D eigenvalue weighted by atomic mass is 32.1. The minimum Gasteiger partial charge on any atom is -0.309 e. The summed E-state index contributed by atoms with van der Waals surface area (Å²) in [6.45, 7) is 5.43. The minimum absolute atomic E-state index is 0.654. The zero-order valence-electron chi connectivity index (χ0n) is 10.3. The molecular formula is C13H22N2S. The first-order valence-electron chi connectivity index (χ1n) is 6.39. The number of rotatable bonds is 4. The van der Waals surface area contributed by atoms with Crippen molar-refractivity contribution < 1.29 is 0 Å². The predicted octanol–water partition coefficient (Wildman–Crippen LogP) is 3.51. The molecule has 0 unspecified atom stereocenters. The summed E-state index contributed by atoms with van der Waals surface area (Å²) >= 11 is 1.76. The van der Waals surface area contributed by atoms with Gasteiger partial charge in [-0.1, -0.05) is 19.3 Å².